The van der Waals surface area contributed by atoms with Gasteiger partial charge in [-0.2, -0.15) is 0 Å². The molecule has 0 spiro atoms. The molecule has 0 radical (unpaired) electrons. The van der Waals surface area contributed by atoms with Crippen LogP contribution in [0.5, 0.6) is 11.5 Å². The Morgan fingerprint density at radius 2 is 1.68 bits per heavy atom. The van der Waals surface area contributed by atoms with Crippen LogP contribution >= 0.6 is 0 Å². The Bertz CT molecular complexity index is 1400. The molecule has 1 aliphatic heterocycles. The maximum absolute atomic E-state index is 13.5. The van der Waals surface area contributed by atoms with E-state index in [1.165, 1.54) is 18.2 Å². The van der Waals surface area contributed by atoms with E-state index in [2.05, 4.69) is 10.0 Å². The van der Waals surface area contributed by atoms with Crippen molar-refractivity contribution in [2.24, 2.45) is 0 Å². The van der Waals surface area contributed by atoms with E-state index in [1.54, 1.807) is 24.3 Å². The van der Waals surface area contributed by atoms with E-state index >= 15 is 0 Å². The van der Waals surface area contributed by atoms with Crippen molar-refractivity contribution in [2.45, 2.75) is 41.9 Å². The standard InChI is InChI=1S/C28H30N2O7S/c31-20(17-29-38(34,35)21-10-11-25-26(16-21)37-13-12-36-25)15-23(18-6-2-1-3-7-18)28(33)30-27-22-9-5-4-8-19(22)14-24(27)32/h1-11,16,20,23-24,27,29,31-32H,12-15,17H2,(H,30,33)/t20-,23-,24+,27-/m0/s1. The Labute approximate surface area is 221 Å². The minimum absolute atomic E-state index is 0.0137. The topological polar surface area (TPSA) is 134 Å². The van der Waals surface area contributed by atoms with Crippen LogP contribution in [0, 0.1) is 0 Å². The average Bonchev–Trinajstić information content (AvgIpc) is 3.25. The zero-order valence-electron chi connectivity index (χ0n) is 20.6. The molecule has 10 heteroatoms. The van der Waals surface area contributed by atoms with Gasteiger partial charge in [-0.15, -0.1) is 0 Å². The van der Waals surface area contributed by atoms with Crippen molar-refractivity contribution in [3.63, 3.8) is 0 Å². The van der Waals surface area contributed by atoms with E-state index in [9.17, 15) is 23.4 Å². The van der Waals surface area contributed by atoms with Gasteiger partial charge in [-0.25, -0.2) is 13.1 Å². The van der Waals surface area contributed by atoms with Crippen LogP contribution in [0.15, 0.2) is 77.7 Å². The molecule has 3 aromatic carbocycles. The quantitative estimate of drug-likeness (QED) is 0.328. The number of hydrogen-bond acceptors (Lipinski definition) is 7. The molecular weight excluding hydrogens is 508 g/mol. The average molecular weight is 539 g/mol. The smallest absolute Gasteiger partial charge is 0.240 e. The van der Waals surface area contributed by atoms with Crippen LogP contribution in [-0.4, -0.2) is 56.5 Å². The fourth-order valence-corrected chi connectivity index (χ4v) is 6.00. The van der Waals surface area contributed by atoms with Crippen LogP contribution in [0.1, 0.15) is 35.1 Å². The second-order valence-corrected chi connectivity index (χ2v) is 11.2. The predicted molar refractivity (Wildman–Crippen MR) is 139 cm³/mol. The SMILES string of the molecule is O=C(N[C@H]1c2ccccc2C[C@H]1O)[C@@H](C[C@H](O)CNS(=O)(=O)c1ccc2c(c1)OCCO2)c1ccccc1. The van der Waals surface area contributed by atoms with Crippen molar-refractivity contribution in [1.82, 2.24) is 10.0 Å². The lowest BCUT2D eigenvalue weighted by Gasteiger charge is -2.25. The van der Waals surface area contributed by atoms with Gasteiger partial charge in [0.15, 0.2) is 11.5 Å². The van der Waals surface area contributed by atoms with E-state index in [0.717, 1.165) is 11.1 Å². The normalized spacial score (nSPS) is 19.8. The Morgan fingerprint density at radius 1 is 0.974 bits per heavy atom. The van der Waals surface area contributed by atoms with Gasteiger partial charge in [0.2, 0.25) is 15.9 Å². The third-order valence-corrected chi connectivity index (χ3v) is 8.28. The van der Waals surface area contributed by atoms with Crippen LogP contribution in [-0.2, 0) is 21.2 Å². The summed E-state index contributed by atoms with van der Waals surface area (Å²) in [5.74, 6) is -0.297. The lowest BCUT2D eigenvalue weighted by Crippen LogP contribution is -2.39. The molecule has 4 N–H and O–H groups in total. The number of aliphatic hydroxyl groups is 2. The Hall–Kier alpha value is -3.44. The largest absolute Gasteiger partial charge is 0.486 e. The molecule has 9 nitrogen and oxygen atoms in total. The molecule has 0 unspecified atom stereocenters. The Morgan fingerprint density at radius 3 is 2.47 bits per heavy atom. The van der Waals surface area contributed by atoms with E-state index in [-0.39, 0.29) is 23.8 Å². The molecule has 0 aromatic heterocycles. The summed E-state index contributed by atoms with van der Waals surface area (Å²) in [6, 6.07) is 20.3. The zero-order valence-corrected chi connectivity index (χ0v) is 21.4. The highest BCUT2D eigenvalue weighted by atomic mass is 32.2. The summed E-state index contributed by atoms with van der Waals surface area (Å²) in [6.07, 6.45) is -1.49. The van der Waals surface area contributed by atoms with Crippen molar-refractivity contribution in [1.29, 1.82) is 0 Å². The molecule has 0 fully saturated rings. The highest BCUT2D eigenvalue weighted by Crippen LogP contribution is 2.34. The van der Waals surface area contributed by atoms with Gasteiger partial charge in [0.05, 0.1) is 29.1 Å². The number of rotatable bonds is 9. The number of nitrogens with one attached hydrogen (secondary N) is 2. The molecule has 2 aliphatic rings. The summed E-state index contributed by atoms with van der Waals surface area (Å²) in [5, 5.41) is 24.3. The van der Waals surface area contributed by atoms with Gasteiger partial charge in [0.25, 0.3) is 0 Å². The van der Waals surface area contributed by atoms with E-state index < -0.39 is 34.2 Å². The molecular formula is C28H30N2O7S. The van der Waals surface area contributed by atoms with Crippen molar-refractivity contribution in [2.75, 3.05) is 19.8 Å². The van der Waals surface area contributed by atoms with E-state index in [0.29, 0.717) is 36.7 Å². The fourth-order valence-electron chi connectivity index (χ4n) is 4.92. The van der Waals surface area contributed by atoms with E-state index in [1.807, 2.05) is 30.3 Å². The molecule has 0 saturated carbocycles. The van der Waals surface area contributed by atoms with Gasteiger partial charge in [-0.3, -0.25) is 4.79 Å². The van der Waals surface area contributed by atoms with Gasteiger partial charge < -0.3 is 25.0 Å². The molecule has 4 atom stereocenters. The zero-order chi connectivity index (χ0) is 26.7. The number of aliphatic hydroxyl groups excluding tert-OH is 2. The monoisotopic (exact) mass is 538 g/mol. The summed E-state index contributed by atoms with van der Waals surface area (Å²) >= 11 is 0. The molecule has 0 bridgehead atoms. The fraction of sp³-hybridized carbons (Fsp3) is 0.321. The van der Waals surface area contributed by atoms with Gasteiger partial charge >= 0.3 is 0 Å². The molecule has 1 heterocycles. The summed E-state index contributed by atoms with van der Waals surface area (Å²) in [4.78, 5) is 13.4. The molecule has 1 aliphatic carbocycles. The van der Waals surface area contributed by atoms with Crippen LogP contribution in [0.2, 0.25) is 0 Å². The lowest BCUT2D eigenvalue weighted by molar-refractivity contribution is -0.124. The van der Waals surface area contributed by atoms with Gasteiger partial charge in [-0.05, 0) is 35.2 Å². The highest BCUT2D eigenvalue weighted by Gasteiger charge is 2.34. The molecule has 3 aromatic rings. The van der Waals surface area contributed by atoms with Crippen LogP contribution in [0.3, 0.4) is 0 Å². The van der Waals surface area contributed by atoms with E-state index in [4.69, 9.17) is 9.47 Å². The maximum Gasteiger partial charge on any atom is 0.240 e. The number of ether oxygens (including phenoxy) is 2. The third-order valence-electron chi connectivity index (χ3n) is 6.86. The molecule has 38 heavy (non-hydrogen) atoms. The number of amides is 1. The van der Waals surface area contributed by atoms with Crippen LogP contribution in [0.25, 0.3) is 0 Å². The highest BCUT2D eigenvalue weighted by molar-refractivity contribution is 7.89. The second-order valence-electron chi connectivity index (χ2n) is 9.47. The first-order chi connectivity index (χ1) is 18.3. The first kappa shape index (κ1) is 26.2. The predicted octanol–water partition coefficient (Wildman–Crippen LogP) is 2.05. The van der Waals surface area contributed by atoms with Crippen LogP contribution in [0.4, 0.5) is 0 Å². The van der Waals surface area contributed by atoms with Crippen molar-refractivity contribution in [3.05, 3.63) is 89.5 Å². The minimum atomic E-state index is -3.95. The molecule has 5 rings (SSSR count). The summed E-state index contributed by atoms with van der Waals surface area (Å²) in [7, 11) is -3.95. The summed E-state index contributed by atoms with van der Waals surface area (Å²) < 4.78 is 39.1. The summed E-state index contributed by atoms with van der Waals surface area (Å²) in [6.45, 7) is 0.434. The maximum atomic E-state index is 13.5. The number of sulfonamides is 1. The Balaban J connectivity index is 1.27. The van der Waals surface area contributed by atoms with Crippen molar-refractivity contribution < 1.29 is 32.9 Å². The van der Waals surface area contributed by atoms with Crippen molar-refractivity contribution in [3.8, 4) is 11.5 Å². The van der Waals surface area contributed by atoms with Gasteiger partial charge in [0.1, 0.15) is 13.2 Å². The van der Waals surface area contributed by atoms with Gasteiger partial charge in [-0.1, -0.05) is 54.6 Å². The number of benzene rings is 3. The summed E-state index contributed by atoms with van der Waals surface area (Å²) in [5.41, 5.74) is 2.53. The minimum Gasteiger partial charge on any atom is -0.486 e. The van der Waals surface area contributed by atoms with Gasteiger partial charge in [0, 0.05) is 19.0 Å². The first-order valence-electron chi connectivity index (χ1n) is 12.5. The van der Waals surface area contributed by atoms with Crippen molar-refractivity contribution >= 4 is 15.9 Å². The third kappa shape index (κ3) is 5.68. The van der Waals surface area contributed by atoms with Crippen LogP contribution < -0.4 is 19.5 Å². The molecule has 0 saturated heterocycles. The molecule has 1 amide bonds. The number of carbonyl (C=O) groups is 1. The molecule has 200 valence electrons. The second kappa shape index (κ2) is 11.1. The number of carbonyl (C=O) groups excluding carboxylic acids is 1. The number of fused-ring (bicyclic) bond motifs is 2. The lowest BCUT2D eigenvalue weighted by atomic mass is 9.91. The Kier molecular flexibility index (Phi) is 7.66. The number of hydrogen-bond donors (Lipinski definition) is 4. The first-order valence-corrected chi connectivity index (χ1v) is 14.0.